The van der Waals surface area contributed by atoms with Crippen molar-refractivity contribution in [1.82, 2.24) is 10.1 Å². The van der Waals surface area contributed by atoms with Crippen LogP contribution >= 0.6 is 0 Å². The third-order valence-corrected chi connectivity index (χ3v) is 5.17. The Labute approximate surface area is 174 Å². The summed E-state index contributed by atoms with van der Waals surface area (Å²) in [6, 6.07) is 10.5. The lowest BCUT2D eigenvalue weighted by Gasteiger charge is -2.31. The fourth-order valence-corrected chi connectivity index (χ4v) is 3.52. The van der Waals surface area contributed by atoms with Crippen molar-refractivity contribution in [2.24, 2.45) is 0 Å². The summed E-state index contributed by atoms with van der Waals surface area (Å²) in [4.78, 5) is 6.12. The Morgan fingerprint density at radius 3 is 2.48 bits per heavy atom. The quantitative estimate of drug-likeness (QED) is 0.473. The second-order valence-corrected chi connectivity index (χ2v) is 7.23. The van der Waals surface area contributed by atoms with Crippen molar-refractivity contribution < 1.29 is 22.1 Å². The Balaban J connectivity index is 1.63. The highest BCUT2D eigenvalue weighted by molar-refractivity contribution is 5.69. The van der Waals surface area contributed by atoms with Gasteiger partial charge in [0.15, 0.2) is 0 Å². The molecule has 2 N–H and O–H groups in total. The van der Waals surface area contributed by atoms with E-state index in [0.29, 0.717) is 42.7 Å². The maximum atomic E-state index is 13.4. The first kappa shape index (κ1) is 20.7. The molecule has 1 aliphatic rings. The highest BCUT2D eigenvalue weighted by Crippen LogP contribution is 2.36. The molecule has 0 atom stereocenters. The molecule has 0 unspecified atom stereocenters. The van der Waals surface area contributed by atoms with Gasteiger partial charge in [0.1, 0.15) is 12.2 Å². The number of nitrogens with two attached hydrogens (primary N) is 1. The molecule has 31 heavy (non-hydrogen) atoms. The van der Waals surface area contributed by atoms with Crippen LogP contribution in [0.5, 0.6) is 0 Å². The van der Waals surface area contributed by atoms with E-state index in [1.807, 2.05) is 4.90 Å². The number of nitrogen functional groups attached to an aromatic ring is 1. The van der Waals surface area contributed by atoms with E-state index in [1.54, 1.807) is 18.2 Å². The SMILES string of the molecule is N#Cc1cc(-c2nc(-c3ccc(N)c(C(F)(F)F)c3)no2)ccc1N1CCC(F)CC1. The first-order valence-electron chi connectivity index (χ1n) is 9.50. The molecule has 2 heterocycles. The van der Waals surface area contributed by atoms with Crippen LogP contribution in [0.25, 0.3) is 22.8 Å². The maximum Gasteiger partial charge on any atom is 0.418 e. The lowest BCUT2D eigenvalue weighted by Crippen LogP contribution is -2.34. The van der Waals surface area contributed by atoms with Crippen LogP contribution in [0, 0.1) is 11.3 Å². The van der Waals surface area contributed by atoms with Crippen LogP contribution in [0.3, 0.4) is 0 Å². The predicted molar refractivity (Wildman–Crippen MR) is 106 cm³/mol. The number of alkyl halides is 4. The first-order valence-corrected chi connectivity index (χ1v) is 9.50. The summed E-state index contributed by atoms with van der Waals surface area (Å²) in [6.45, 7) is 1.02. The minimum absolute atomic E-state index is 0.0342. The number of benzene rings is 2. The highest BCUT2D eigenvalue weighted by atomic mass is 19.4. The number of hydrogen-bond acceptors (Lipinski definition) is 6. The van der Waals surface area contributed by atoms with Crippen LogP contribution in [0.1, 0.15) is 24.0 Å². The monoisotopic (exact) mass is 431 g/mol. The highest BCUT2D eigenvalue weighted by Gasteiger charge is 2.33. The van der Waals surface area contributed by atoms with Crippen molar-refractivity contribution in [1.29, 1.82) is 5.26 Å². The Kier molecular flexibility index (Phi) is 5.27. The molecule has 0 radical (unpaired) electrons. The molecule has 4 rings (SSSR count). The summed E-state index contributed by atoms with van der Waals surface area (Å²) in [5.41, 5.74) is 5.64. The molecule has 6 nitrogen and oxygen atoms in total. The number of rotatable bonds is 3. The molecule has 0 aliphatic carbocycles. The van der Waals surface area contributed by atoms with E-state index in [2.05, 4.69) is 16.2 Å². The third-order valence-electron chi connectivity index (χ3n) is 5.17. The number of hydrogen-bond donors (Lipinski definition) is 1. The Bertz CT molecular complexity index is 1140. The van der Waals surface area contributed by atoms with Crippen LogP contribution in [0.15, 0.2) is 40.9 Å². The summed E-state index contributed by atoms with van der Waals surface area (Å²) in [6.07, 6.45) is -4.63. The van der Waals surface area contributed by atoms with Gasteiger partial charge in [-0.3, -0.25) is 0 Å². The molecule has 0 saturated carbocycles. The molecular formula is C21H17F4N5O. The van der Waals surface area contributed by atoms with Gasteiger partial charge in [0.2, 0.25) is 5.82 Å². The topological polar surface area (TPSA) is 92.0 Å². The number of aromatic nitrogens is 2. The molecule has 1 saturated heterocycles. The number of halogens is 4. The Hall–Kier alpha value is -3.61. The van der Waals surface area contributed by atoms with Crippen LogP contribution in [0.4, 0.5) is 28.9 Å². The van der Waals surface area contributed by atoms with E-state index in [-0.39, 0.29) is 17.3 Å². The summed E-state index contributed by atoms with van der Waals surface area (Å²) < 4.78 is 58.0. The normalized spacial score (nSPS) is 15.1. The summed E-state index contributed by atoms with van der Waals surface area (Å²) in [7, 11) is 0. The van der Waals surface area contributed by atoms with Gasteiger partial charge in [-0.25, -0.2) is 4.39 Å². The van der Waals surface area contributed by atoms with E-state index in [1.165, 1.54) is 6.07 Å². The molecule has 0 amide bonds. The second kappa shape index (κ2) is 7.91. The van der Waals surface area contributed by atoms with Crippen molar-refractivity contribution in [3.63, 3.8) is 0 Å². The van der Waals surface area contributed by atoms with Crippen molar-refractivity contribution in [3.05, 3.63) is 47.5 Å². The lowest BCUT2D eigenvalue weighted by atomic mass is 10.0. The van der Waals surface area contributed by atoms with Crippen molar-refractivity contribution in [2.75, 3.05) is 23.7 Å². The molecule has 1 aliphatic heterocycles. The van der Waals surface area contributed by atoms with Gasteiger partial charge in [-0.1, -0.05) is 5.16 Å². The standard InChI is InChI=1S/C21H17F4N5O/c22-15-5-7-30(8-6-15)18-4-2-13(9-14(18)11-26)20-28-19(29-31-20)12-1-3-17(27)16(10-12)21(23,24)25/h1-4,9-10,15H,5-8,27H2. The van der Waals surface area contributed by atoms with Crippen LogP contribution < -0.4 is 10.6 Å². The van der Waals surface area contributed by atoms with Crippen molar-refractivity contribution in [2.45, 2.75) is 25.2 Å². The number of nitriles is 1. The van der Waals surface area contributed by atoms with Crippen LogP contribution in [0.2, 0.25) is 0 Å². The predicted octanol–water partition coefficient (Wildman–Crippen LogP) is 4.81. The zero-order valence-corrected chi connectivity index (χ0v) is 16.2. The van der Waals surface area contributed by atoms with Gasteiger partial charge in [0, 0.05) is 29.9 Å². The van der Waals surface area contributed by atoms with Gasteiger partial charge >= 0.3 is 6.18 Å². The molecule has 2 aromatic carbocycles. The van der Waals surface area contributed by atoms with Gasteiger partial charge in [0.25, 0.3) is 5.89 Å². The van der Waals surface area contributed by atoms with Crippen LogP contribution in [-0.4, -0.2) is 29.4 Å². The van der Waals surface area contributed by atoms with Crippen molar-refractivity contribution in [3.8, 4) is 28.9 Å². The van der Waals surface area contributed by atoms with Crippen molar-refractivity contribution >= 4 is 11.4 Å². The van der Waals surface area contributed by atoms with E-state index in [4.69, 9.17) is 10.3 Å². The summed E-state index contributed by atoms with van der Waals surface area (Å²) >= 11 is 0. The fraction of sp³-hybridized carbons (Fsp3) is 0.286. The second-order valence-electron chi connectivity index (χ2n) is 7.23. The van der Waals surface area contributed by atoms with Gasteiger partial charge < -0.3 is 15.2 Å². The number of nitrogens with zero attached hydrogens (tertiary/aromatic N) is 4. The van der Waals surface area contributed by atoms with Crippen LogP contribution in [-0.2, 0) is 6.18 Å². The minimum atomic E-state index is -4.61. The van der Waals surface area contributed by atoms with E-state index >= 15 is 0 Å². The Morgan fingerprint density at radius 2 is 1.81 bits per heavy atom. The summed E-state index contributed by atoms with van der Waals surface area (Å²) in [5.74, 6) is 0.0269. The Morgan fingerprint density at radius 1 is 1.10 bits per heavy atom. The van der Waals surface area contributed by atoms with Gasteiger partial charge in [0.05, 0.1) is 16.8 Å². The molecule has 0 spiro atoms. The number of anilines is 2. The molecule has 1 fully saturated rings. The molecule has 0 bridgehead atoms. The average molecular weight is 431 g/mol. The van der Waals surface area contributed by atoms with E-state index in [9.17, 15) is 22.8 Å². The molecule has 10 heteroatoms. The molecule has 160 valence electrons. The lowest BCUT2D eigenvalue weighted by molar-refractivity contribution is -0.136. The molecular weight excluding hydrogens is 414 g/mol. The van der Waals surface area contributed by atoms with Gasteiger partial charge in [-0.05, 0) is 49.2 Å². The smallest absolute Gasteiger partial charge is 0.398 e. The summed E-state index contributed by atoms with van der Waals surface area (Å²) in [5, 5.41) is 13.3. The van der Waals surface area contributed by atoms with Gasteiger partial charge in [-0.2, -0.15) is 23.4 Å². The molecule has 1 aromatic heterocycles. The first-order chi connectivity index (χ1) is 14.8. The fourth-order valence-electron chi connectivity index (χ4n) is 3.52. The average Bonchev–Trinajstić information content (AvgIpc) is 3.24. The minimum Gasteiger partial charge on any atom is -0.398 e. The third kappa shape index (κ3) is 4.17. The largest absolute Gasteiger partial charge is 0.418 e. The zero-order valence-electron chi connectivity index (χ0n) is 16.2. The van der Waals surface area contributed by atoms with Gasteiger partial charge in [-0.15, -0.1) is 0 Å². The van der Waals surface area contributed by atoms with E-state index < -0.39 is 23.6 Å². The van der Waals surface area contributed by atoms with E-state index in [0.717, 1.165) is 12.1 Å². The maximum absolute atomic E-state index is 13.4. The number of piperidine rings is 1. The zero-order chi connectivity index (χ0) is 22.2. The molecule has 3 aromatic rings.